The molecular formula is C46H61ClN7O10PS. The highest BCUT2D eigenvalue weighted by Gasteiger charge is 2.39. The van der Waals surface area contributed by atoms with Gasteiger partial charge in [0.25, 0.3) is 5.91 Å². The van der Waals surface area contributed by atoms with Gasteiger partial charge in [0.2, 0.25) is 36.7 Å². The zero-order valence-electron chi connectivity index (χ0n) is 38.2. The molecule has 5 amide bonds. The van der Waals surface area contributed by atoms with Crippen LogP contribution < -0.4 is 40.8 Å². The summed E-state index contributed by atoms with van der Waals surface area (Å²) in [5.74, 6) is -0.850. The number of benzene rings is 3. The topological polar surface area (TPSA) is 235 Å². The number of nitrogens with one attached hydrogen (secondary N) is 4. The number of carbonyl (C=O) groups excluding carboxylic acids is 5. The standard InChI is InChI=1S/C46H61ClN7O10PS/c1-26(2)39(49-16-11-18-65(60,61)19-17-53-37(55)23-36(66-6)46(53)59)44(57)51-31(14-9-10-15-48)43(56)52-32-22-34-38(30-13-8-7-12-29(30)32)28(24-47)25-54(34)45(58)33-20-27-21-35(62-3)41(63-4)42(64-5)40(27)50-33/h7-8,12-13,20-22,26,28,31,36,39,49-50H,9-11,14-19,23-25,48H2,1-6H3,(H,51,57)(H,52,56)(H,60,61)/t28-,31+,36?,39+/m1/s1. The number of thioether (sulfide) groups is 1. The Labute approximate surface area is 394 Å². The molecule has 3 heterocycles. The molecule has 66 heavy (non-hydrogen) atoms. The fourth-order valence-corrected chi connectivity index (χ4v) is 11.0. The number of fused-ring (bicyclic) bond motifs is 4. The average Bonchev–Trinajstić information content (AvgIpc) is 3.98. The SMILES string of the molecule is COc1cc2cc(C(=O)N3C[C@@H](CCl)c4c3cc(NC(=O)[C@H](CCCCN)NC(=O)[C@@H](NCCCP(=O)(O)CCN3C(=O)CC(SC)C3=O)C(C)C)c3ccccc43)[nH]c2c(OC)c1OC. The lowest BCUT2D eigenvalue weighted by Gasteiger charge is -2.26. The molecule has 1 saturated heterocycles. The van der Waals surface area contributed by atoms with Gasteiger partial charge in [-0.25, -0.2) is 0 Å². The fourth-order valence-electron chi connectivity index (χ4n) is 8.77. The lowest BCUT2D eigenvalue weighted by atomic mass is 9.94. The van der Waals surface area contributed by atoms with Crippen molar-refractivity contribution in [1.29, 1.82) is 0 Å². The maximum Gasteiger partial charge on any atom is 0.274 e. The van der Waals surface area contributed by atoms with Crippen LogP contribution in [0.4, 0.5) is 11.4 Å². The van der Waals surface area contributed by atoms with Gasteiger partial charge in [0.15, 0.2) is 11.5 Å². The number of nitrogens with two attached hydrogens (primary N) is 1. The molecule has 6 rings (SSSR count). The van der Waals surface area contributed by atoms with Gasteiger partial charge >= 0.3 is 0 Å². The number of rotatable bonds is 23. The van der Waals surface area contributed by atoms with Crippen molar-refractivity contribution in [2.45, 2.75) is 69.2 Å². The number of hydrogen-bond acceptors (Lipinski definition) is 12. The number of likely N-dealkylation sites (tertiary alicyclic amines) is 1. The maximum absolute atomic E-state index is 14.5. The van der Waals surface area contributed by atoms with Crippen molar-refractivity contribution in [1.82, 2.24) is 20.5 Å². The number of ether oxygens (including phenoxy) is 3. The van der Waals surface area contributed by atoms with Crippen LogP contribution in [-0.4, -0.2) is 134 Å². The monoisotopic (exact) mass is 969 g/mol. The largest absolute Gasteiger partial charge is 0.493 e. The first-order valence-electron chi connectivity index (χ1n) is 22.1. The summed E-state index contributed by atoms with van der Waals surface area (Å²) >= 11 is 7.88. The van der Waals surface area contributed by atoms with Crippen LogP contribution in [0, 0.1) is 5.92 Å². The van der Waals surface area contributed by atoms with Gasteiger partial charge in [0, 0.05) is 54.4 Å². The molecular weight excluding hydrogens is 909 g/mol. The maximum atomic E-state index is 14.5. The van der Waals surface area contributed by atoms with Crippen molar-refractivity contribution in [3.05, 3.63) is 53.7 Å². The van der Waals surface area contributed by atoms with Crippen LogP contribution >= 0.6 is 30.7 Å². The van der Waals surface area contributed by atoms with Gasteiger partial charge in [-0.1, -0.05) is 38.1 Å². The molecule has 1 fully saturated rings. The van der Waals surface area contributed by atoms with Crippen LogP contribution in [-0.2, 0) is 23.7 Å². The molecule has 5 atom stereocenters. The zero-order valence-corrected chi connectivity index (χ0v) is 40.7. The van der Waals surface area contributed by atoms with E-state index >= 15 is 0 Å². The molecule has 4 aromatic rings. The zero-order chi connectivity index (χ0) is 47.9. The number of anilines is 2. The lowest BCUT2D eigenvalue weighted by molar-refractivity contribution is -0.138. The van der Waals surface area contributed by atoms with E-state index in [4.69, 9.17) is 31.5 Å². The second-order valence-electron chi connectivity index (χ2n) is 16.9. The highest BCUT2D eigenvalue weighted by atomic mass is 35.5. The Kier molecular flexibility index (Phi) is 17.1. The molecule has 0 bridgehead atoms. The molecule has 17 nitrogen and oxygen atoms in total. The minimum absolute atomic E-state index is 0.0664. The number of H-pyrrole nitrogens is 1. The molecule has 20 heteroatoms. The van der Waals surface area contributed by atoms with Gasteiger partial charge in [-0.3, -0.25) is 33.4 Å². The van der Waals surface area contributed by atoms with E-state index in [0.717, 1.165) is 21.2 Å². The van der Waals surface area contributed by atoms with E-state index in [2.05, 4.69) is 20.9 Å². The Bertz CT molecular complexity index is 2500. The molecule has 0 radical (unpaired) electrons. The number of nitrogens with zero attached hydrogens (tertiary/aromatic N) is 2. The van der Waals surface area contributed by atoms with Crippen LogP contribution in [0.5, 0.6) is 17.2 Å². The molecule has 2 aliphatic rings. The lowest BCUT2D eigenvalue weighted by Crippen LogP contribution is -2.53. The predicted octanol–water partition coefficient (Wildman–Crippen LogP) is 5.65. The van der Waals surface area contributed by atoms with E-state index in [1.165, 1.54) is 33.1 Å². The summed E-state index contributed by atoms with van der Waals surface area (Å²) in [6.45, 7) is 4.54. The molecule has 2 unspecified atom stereocenters. The van der Waals surface area contributed by atoms with Crippen LogP contribution in [0.25, 0.3) is 21.7 Å². The highest BCUT2D eigenvalue weighted by molar-refractivity contribution is 8.00. The third kappa shape index (κ3) is 11.0. The molecule has 2 aliphatic heterocycles. The number of halogens is 1. The van der Waals surface area contributed by atoms with Crippen molar-refractivity contribution in [2.75, 3.05) is 82.2 Å². The van der Waals surface area contributed by atoms with E-state index in [1.54, 1.807) is 29.4 Å². The minimum atomic E-state index is -3.69. The molecule has 1 aromatic heterocycles. The number of aromatic nitrogens is 1. The summed E-state index contributed by atoms with van der Waals surface area (Å²) in [6.07, 6.45) is 3.32. The van der Waals surface area contributed by atoms with Crippen molar-refractivity contribution < 1.29 is 47.6 Å². The minimum Gasteiger partial charge on any atom is -0.493 e. The molecule has 7 N–H and O–H groups in total. The number of hydrogen-bond donors (Lipinski definition) is 6. The van der Waals surface area contributed by atoms with Crippen LogP contribution in [0.2, 0.25) is 0 Å². The Morgan fingerprint density at radius 2 is 1.73 bits per heavy atom. The van der Waals surface area contributed by atoms with Gasteiger partial charge in [-0.2, -0.15) is 11.8 Å². The van der Waals surface area contributed by atoms with Gasteiger partial charge in [0.1, 0.15) is 11.7 Å². The quantitative estimate of drug-likeness (QED) is 0.0229. The molecule has 0 aliphatic carbocycles. The Morgan fingerprint density at radius 1 is 1.00 bits per heavy atom. The third-order valence-corrected chi connectivity index (χ3v) is 15.5. The number of imide groups is 1. The Balaban J connectivity index is 1.19. The summed E-state index contributed by atoms with van der Waals surface area (Å²) in [4.78, 5) is 84.3. The van der Waals surface area contributed by atoms with Crippen molar-refractivity contribution in [2.24, 2.45) is 11.7 Å². The Morgan fingerprint density at radius 3 is 2.36 bits per heavy atom. The Hall–Kier alpha value is -4.84. The van der Waals surface area contributed by atoms with E-state index in [-0.39, 0.29) is 85.9 Å². The van der Waals surface area contributed by atoms with Crippen molar-refractivity contribution in [3.8, 4) is 17.2 Å². The summed E-state index contributed by atoms with van der Waals surface area (Å²) < 4.78 is 29.8. The van der Waals surface area contributed by atoms with Crippen LogP contribution in [0.1, 0.15) is 67.9 Å². The van der Waals surface area contributed by atoms with Crippen molar-refractivity contribution in [3.63, 3.8) is 0 Å². The van der Waals surface area contributed by atoms with Gasteiger partial charge in [-0.15, -0.1) is 11.6 Å². The number of amides is 5. The van der Waals surface area contributed by atoms with E-state index in [9.17, 15) is 33.4 Å². The average molecular weight is 971 g/mol. The number of carbonyl (C=O) groups is 5. The third-order valence-electron chi connectivity index (χ3n) is 12.2. The number of aromatic amines is 1. The molecule has 358 valence electrons. The second-order valence-corrected chi connectivity index (χ2v) is 20.9. The summed E-state index contributed by atoms with van der Waals surface area (Å²) in [6, 6.07) is 11.2. The van der Waals surface area contributed by atoms with Gasteiger partial charge < -0.3 is 50.7 Å². The van der Waals surface area contributed by atoms with Crippen LogP contribution in [0.15, 0.2) is 42.5 Å². The summed E-state index contributed by atoms with van der Waals surface area (Å²) in [5.41, 5.74) is 8.58. The first kappa shape index (κ1) is 50.6. The summed E-state index contributed by atoms with van der Waals surface area (Å²) in [5, 5.41) is 11.0. The number of alkyl halides is 1. The van der Waals surface area contributed by atoms with Gasteiger partial charge in [0.05, 0.1) is 49.5 Å². The van der Waals surface area contributed by atoms with Gasteiger partial charge in [-0.05, 0) is 80.1 Å². The first-order chi connectivity index (χ1) is 31.6. The molecule has 0 spiro atoms. The molecule has 0 saturated carbocycles. The number of methoxy groups -OCH3 is 3. The first-order valence-corrected chi connectivity index (χ1v) is 25.9. The van der Waals surface area contributed by atoms with Crippen LogP contribution in [0.3, 0.4) is 0 Å². The fraction of sp³-hybridized carbons (Fsp3) is 0.500. The normalized spacial score (nSPS) is 17.8. The predicted molar refractivity (Wildman–Crippen MR) is 260 cm³/mol. The highest BCUT2D eigenvalue weighted by Crippen LogP contribution is 2.47. The summed E-state index contributed by atoms with van der Waals surface area (Å²) in [7, 11) is 0.846. The number of unbranched alkanes of at least 4 members (excludes halogenated alkanes) is 1. The van der Waals surface area contributed by atoms with E-state index in [1.807, 2.05) is 38.1 Å². The van der Waals surface area contributed by atoms with E-state index < -0.39 is 36.5 Å². The van der Waals surface area contributed by atoms with E-state index in [0.29, 0.717) is 65.3 Å². The molecule has 3 aromatic carbocycles. The van der Waals surface area contributed by atoms with Crippen molar-refractivity contribution >= 4 is 93.3 Å². The second kappa shape index (κ2) is 22.3. The smallest absolute Gasteiger partial charge is 0.274 e.